The maximum atomic E-state index is 13.6. The number of nitrogens with one attached hydrogen (secondary N) is 1. The number of aromatic nitrogens is 4. The summed E-state index contributed by atoms with van der Waals surface area (Å²) >= 11 is 1.33. The summed E-state index contributed by atoms with van der Waals surface area (Å²) in [5.41, 5.74) is -2.19. The fourth-order valence-corrected chi connectivity index (χ4v) is 8.37. The van der Waals surface area contributed by atoms with E-state index in [1.165, 1.54) is 18.0 Å². The van der Waals surface area contributed by atoms with Crippen LogP contribution in [0, 0.1) is 34.0 Å². The Morgan fingerprint density at radius 2 is 2.00 bits per heavy atom. The van der Waals surface area contributed by atoms with Crippen molar-refractivity contribution < 1.29 is 19.4 Å². The average Bonchev–Trinajstić information content (AvgIpc) is 3.26. The average molecular weight is 543 g/mol. The van der Waals surface area contributed by atoms with E-state index < -0.39 is 34.4 Å². The van der Waals surface area contributed by atoms with Crippen LogP contribution in [-0.2, 0) is 9.53 Å². The number of hydrogen-bond donors (Lipinski definition) is 2. The second-order valence-corrected chi connectivity index (χ2v) is 13.1. The molecule has 0 saturated heterocycles. The molecule has 9 nitrogen and oxygen atoms in total. The number of nitrogens with zero attached hydrogens (tertiary/aromatic N) is 3. The van der Waals surface area contributed by atoms with Crippen molar-refractivity contribution in [2.45, 2.75) is 90.5 Å². The second kappa shape index (κ2) is 9.40. The minimum absolute atomic E-state index is 0.0523. The van der Waals surface area contributed by atoms with Crippen LogP contribution in [0.15, 0.2) is 16.1 Å². The summed E-state index contributed by atoms with van der Waals surface area (Å²) in [4.78, 5) is 48.9. The van der Waals surface area contributed by atoms with E-state index in [1.807, 2.05) is 20.1 Å². The van der Waals surface area contributed by atoms with Gasteiger partial charge in [0.1, 0.15) is 11.9 Å². The zero-order valence-corrected chi connectivity index (χ0v) is 23.9. The lowest BCUT2D eigenvalue weighted by atomic mass is 9.43. The third-order valence-electron chi connectivity index (χ3n) is 10.8. The molecular formula is C28H38N4O5S. The zero-order chi connectivity index (χ0) is 27.6. The van der Waals surface area contributed by atoms with Crippen LogP contribution in [0.2, 0.25) is 0 Å². The van der Waals surface area contributed by atoms with Gasteiger partial charge in [-0.1, -0.05) is 46.4 Å². The quantitative estimate of drug-likeness (QED) is 0.331. The number of carbonyl (C=O) groups is 2. The Kier molecular flexibility index (Phi) is 6.74. The number of rotatable bonds is 4. The van der Waals surface area contributed by atoms with Crippen molar-refractivity contribution >= 4 is 34.5 Å². The molecule has 3 saturated carbocycles. The van der Waals surface area contributed by atoms with Gasteiger partial charge < -0.3 is 9.84 Å². The number of Topliss-reactive ketones (excluding diaryl/α,β-unsaturated/α-hetero) is 1. The van der Waals surface area contributed by atoms with Gasteiger partial charge in [-0.2, -0.15) is 5.10 Å². The van der Waals surface area contributed by atoms with Gasteiger partial charge in [0, 0.05) is 24.0 Å². The van der Waals surface area contributed by atoms with Gasteiger partial charge in [-0.3, -0.25) is 14.7 Å². The van der Waals surface area contributed by atoms with Crippen molar-refractivity contribution in [3.05, 3.63) is 22.1 Å². The first-order chi connectivity index (χ1) is 17.9. The number of ether oxygens (including phenoxy) is 1. The smallest absolute Gasteiger partial charge is 0.363 e. The SMILES string of the molecule is CC[C@]1(C)C[C@@H](OC(=O)c2n[nH]c3nc(SC)ncc3c2=O)[C@]2(C)C(C)CC[C@]3(CCC(=O)C32)[C@@H](C)[C@@H]1O. The van der Waals surface area contributed by atoms with E-state index in [1.54, 1.807) is 0 Å². The molecule has 2 bridgehead atoms. The number of thioether (sulfide) groups is 1. The molecule has 3 aliphatic carbocycles. The van der Waals surface area contributed by atoms with Crippen LogP contribution in [0.4, 0.5) is 0 Å². The van der Waals surface area contributed by atoms with E-state index in [0.717, 1.165) is 19.3 Å². The van der Waals surface area contributed by atoms with Crippen LogP contribution in [0.1, 0.15) is 83.6 Å². The molecule has 0 radical (unpaired) electrons. The standard InChI is InChI=1S/C28H38N4O5S/c1-7-26(4)12-18(37-24(36)19-20(34)16-13-29-25(38-6)30-23(16)32-31-19)27(5)14(2)8-10-28(15(3)22(26)35)11-9-17(33)21(27)28/h13-15,18,21-22,35H,7-12H2,1-6H3,(H,29,30,32,34)/t14?,15-,18+,21?,22-,26+,27-,28-/m0/s1. The number of H-pyrrole nitrogens is 1. The minimum atomic E-state index is -0.830. The van der Waals surface area contributed by atoms with Crippen molar-refractivity contribution in [2.75, 3.05) is 6.26 Å². The van der Waals surface area contributed by atoms with Crippen LogP contribution in [0.5, 0.6) is 0 Å². The van der Waals surface area contributed by atoms with Gasteiger partial charge in [0.2, 0.25) is 11.1 Å². The van der Waals surface area contributed by atoms with Gasteiger partial charge >= 0.3 is 5.97 Å². The van der Waals surface area contributed by atoms with Crippen LogP contribution in [0.3, 0.4) is 0 Å². The molecule has 10 heteroatoms. The van der Waals surface area contributed by atoms with E-state index in [0.29, 0.717) is 24.4 Å². The van der Waals surface area contributed by atoms with Gasteiger partial charge in [-0.15, -0.1) is 0 Å². The lowest BCUT2D eigenvalue weighted by molar-refractivity contribution is -0.199. The summed E-state index contributed by atoms with van der Waals surface area (Å²) in [6.07, 6.45) is 5.98. The summed E-state index contributed by atoms with van der Waals surface area (Å²) < 4.78 is 6.25. The predicted octanol–water partition coefficient (Wildman–Crippen LogP) is 4.18. The van der Waals surface area contributed by atoms with Crippen LogP contribution in [0.25, 0.3) is 11.0 Å². The normalized spacial score (nSPS) is 38.9. The molecule has 0 aromatic carbocycles. The molecule has 0 aliphatic heterocycles. The Bertz CT molecular complexity index is 1350. The number of fused-ring (bicyclic) bond motifs is 1. The van der Waals surface area contributed by atoms with Gasteiger partial charge in [0.25, 0.3) is 0 Å². The molecule has 2 unspecified atom stereocenters. The number of aliphatic hydroxyl groups is 1. The number of aliphatic hydroxyl groups excluding tert-OH is 1. The largest absolute Gasteiger partial charge is 0.457 e. The van der Waals surface area contributed by atoms with Crippen LogP contribution >= 0.6 is 11.8 Å². The van der Waals surface area contributed by atoms with E-state index >= 15 is 0 Å². The molecule has 2 N–H and O–H groups in total. The molecule has 3 aliphatic rings. The molecule has 3 fully saturated rings. The number of ketones is 1. The Labute approximate surface area is 226 Å². The van der Waals surface area contributed by atoms with Crippen molar-refractivity contribution in [3.63, 3.8) is 0 Å². The Balaban J connectivity index is 1.60. The molecule has 38 heavy (non-hydrogen) atoms. The third kappa shape index (κ3) is 3.77. The monoisotopic (exact) mass is 542 g/mol. The molecule has 5 rings (SSSR count). The molecule has 0 spiro atoms. The first-order valence-electron chi connectivity index (χ1n) is 13.6. The van der Waals surface area contributed by atoms with Crippen LogP contribution < -0.4 is 5.43 Å². The topological polar surface area (TPSA) is 135 Å². The summed E-state index contributed by atoms with van der Waals surface area (Å²) in [7, 11) is 0. The van der Waals surface area contributed by atoms with Crippen LogP contribution in [-0.4, -0.2) is 55.5 Å². The number of aromatic amines is 1. The highest BCUT2D eigenvalue weighted by Crippen LogP contribution is 2.68. The lowest BCUT2D eigenvalue weighted by Crippen LogP contribution is -2.63. The van der Waals surface area contributed by atoms with Crippen molar-refractivity contribution in [1.29, 1.82) is 0 Å². The highest BCUT2D eigenvalue weighted by atomic mass is 32.2. The molecule has 2 aromatic rings. The van der Waals surface area contributed by atoms with Gasteiger partial charge in [-0.25, -0.2) is 14.8 Å². The molecule has 0 amide bonds. The van der Waals surface area contributed by atoms with Gasteiger partial charge in [-0.05, 0) is 61.0 Å². The van der Waals surface area contributed by atoms with E-state index in [9.17, 15) is 19.5 Å². The number of esters is 1. The van der Waals surface area contributed by atoms with E-state index in [4.69, 9.17) is 4.74 Å². The molecule has 2 heterocycles. The number of carbonyl (C=O) groups excluding carboxylic acids is 2. The Morgan fingerprint density at radius 3 is 2.68 bits per heavy atom. The van der Waals surface area contributed by atoms with Gasteiger partial charge in [0.05, 0.1) is 11.5 Å². The van der Waals surface area contributed by atoms with Crippen molar-refractivity contribution in [1.82, 2.24) is 20.2 Å². The zero-order valence-electron chi connectivity index (χ0n) is 23.0. The third-order valence-corrected chi connectivity index (χ3v) is 11.4. The second-order valence-electron chi connectivity index (χ2n) is 12.3. The highest BCUT2D eigenvalue weighted by Gasteiger charge is 2.68. The Hall–Kier alpha value is -2.33. The molecule has 8 atom stereocenters. The number of hydrogen-bond acceptors (Lipinski definition) is 9. The summed E-state index contributed by atoms with van der Waals surface area (Å²) in [5, 5.41) is 19.1. The summed E-state index contributed by atoms with van der Waals surface area (Å²) in [6.45, 7) is 10.4. The maximum absolute atomic E-state index is 13.6. The molecule has 2 aromatic heterocycles. The van der Waals surface area contributed by atoms with Gasteiger partial charge in [0.15, 0.2) is 10.8 Å². The highest BCUT2D eigenvalue weighted by molar-refractivity contribution is 7.98. The summed E-state index contributed by atoms with van der Waals surface area (Å²) in [5.74, 6) is -0.885. The first kappa shape index (κ1) is 27.2. The fourth-order valence-electron chi connectivity index (χ4n) is 8.03. The lowest BCUT2D eigenvalue weighted by Gasteiger charge is -2.62. The van der Waals surface area contributed by atoms with Crippen molar-refractivity contribution in [2.24, 2.45) is 34.0 Å². The van der Waals surface area contributed by atoms with E-state index in [-0.39, 0.29) is 45.7 Å². The maximum Gasteiger partial charge on any atom is 0.363 e. The fraction of sp³-hybridized carbons (Fsp3) is 0.714. The van der Waals surface area contributed by atoms with E-state index in [2.05, 4.69) is 40.9 Å². The first-order valence-corrected chi connectivity index (χ1v) is 14.9. The minimum Gasteiger partial charge on any atom is -0.457 e. The molecular weight excluding hydrogens is 504 g/mol. The van der Waals surface area contributed by atoms with Crippen molar-refractivity contribution in [3.8, 4) is 0 Å². The summed E-state index contributed by atoms with van der Waals surface area (Å²) in [6, 6.07) is 0. The Morgan fingerprint density at radius 1 is 1.26 bits per heavy atom. The predicted molar refractivity (Wildman–Crippen MR) is 144 cm³/mol. The molecule has 206 valence electrons.